The van der Waals surface area contributed by atoms with E-state index >= 15 is 0 Å². The van der Waals surface area contributed by atoms with Crippen LogP contribution in [0.4, 0.5) is 0 Å². The molecule has 13 heavy (non-hydrogen) atoms. The van der Waals surface area contributed by atoms with Gasteiger partial charge in [-0.25, -0.2) is 0 Å². The van der Waals surface area contributed by atoms with Gasteiger partial charge in [-0.2, -0.15) is 0 Å². The van der Waals surface area contributed by atoms with E-state index in [0.29, 0.717) is 12.2 Å². The molecule has 1 saturated heterocycles. The second-order valence-corrected chi connectivity index (χ2v) is 3.77. The van der Waals surface area contributed by atoms with Crippen LogP contribution >= 0.6 is 0 Å². The molecule has 0 radical (unpaired) electrons. The molecule has 1 aromatic carbocycles. The molecule has 1 aliphatic rings. The Morgan fingerprint density at radius 1 is 1.23 bits per heavy atom. The highest BCUT2D eigenvalue weighted by Gasteiger charge is 2.39. The number of ether oxygens (including phenoxy) is 1. The van der Waals surface area contributed by atoms with E-state index in [-0.39, 0.29) is 0 Å². The van der Waals surface area contributed by atoms with Crippen LogP contribution in [0.15, 0.2) is 30.3 Å². The zero-order valence-electron chi connectivity index (χ0n) is 8.10. The van der Waals surface area contributed by atoms with Crippen LogP contribution in [-0.4, -0.2) is 31.6 Å². The lowest BCUT2D eigenvalue weighted by Gasteiger charge is -2.05. The largest absolute Gasteiger partial charge is 0.363 e. The van der Waals surface area contributed by atoms with Crippen molar-refractivity contribution in [3.63, 3.8) is 0 Å². The molecule has 0 aromatic heterocycles. The molecule has 0 saturated carbocycles. The number of hydrogen-bond donors (Lipinski definition) is 0. The Morgan fingerprint density at radius 3 is 2.54 bits per heavy atom. The first-order valence-corrected chi connectivity index (χ1v) is 4.62. The van der Waals surface area contributed by atoms with Crippen LogP contribution in [0.2, 0.25) is 0 Å². The number of hydrogen-bond acceptors (Lipinski definition) is 2. The van der Waals surface area contributed by atoms with E-state index in [2.05, 4.69) is 43.3 Å². The van der Waals surface area contributed by atoms with Crippen molar-refractivity contribution in [2.75, 3.05) is 20.6 Å². The molecule has 0 spiro atoms. The fraction of sp³-hybridized carbons (Fsp3) is 0.455. The molecular formula is C11H15NO. The summed E-state index contributed by atoms with van der Waals surface area (Å²) < 4.78 is 5.57. The minimum absolute atomic E-state index is 0.337. The summed E-state index contributed by atoms with van der Waals surface area (Å²) >= 11 is 0. The van der Waals surface area contributed by atoms with Gasteiger partial charge in [-0.1, -0.05) is 30.3 Å². The van der Waals surface area contributed by atoms with Crippen molar-refractivity contribution < 1.29 is 4.74 Å². The lowest BCUT2D eigenvalue weighted by Crippen LogP contribution is -2.18. The summed E-state index contributed by atoms with van der Waals surface area (Å²) in [6.07, 6.45) is 0.737. The molecule has 70 valence electrons. The van der Waals surface area contributed by atoms with Crippen LogP contribution in [0.25, 0.3) is 0 Å². The first-order valence-electron chi connectivity index (χ1n) is 4.62. The molecule has 2 rings (SSSR count). The zero-order valence-corrected chi connectivity index (χ0v) is 8.10. The number of epoxide rings is 1. The second-order valence-electron chi connectivity index (χ2n) is 3.77. The van der Waals surface area contributed by atoms with Gasteiger partial charge in [-0.3, -0.25) is 0 Å². The van der Waals surface area contributed by atoms with E-state index in [0.717, 1.165) is 6.54 Å². The van der Waals surface area contributed by atoms with Crippen LogP contribution in [0.5, 0.6) is 0 Å². The lowest BCUT2D eigenvalue weighted by atomic mass is 10.1. The van der Waals surface area contributed by atoms with Gasteiger partial charge in [0.25, 0.3) is 0 Å². The zero-order chi connectivity index (χ0) is 9.26. The molecule has 0 N–H and O–H groups in total. The Morgan fingerprint density at radius 2 is 1.92 bits per heavy atom. The van der Waals surface area contributed by atoms with E-state index in [1.54, 1.807) is 0 Å². The van der Waals surface area contributed by atoms with Crippen molar-refractivity contribution in [2.24, 2.45) is 0 Å². The topological polar surface area (TPSA) is 15.8 Å². The maximum absolute atomic E-state index is 5.57. The van der Waals surface area contributed by atoms with Gasteiger partial charge >= 0.3 is 0 Å². The highest BCUT2D eigenvalue weighted by molar-refractivity contribution is 5.22. The summed E-state index contributed by atoms with van der Waals surface area (Å²) in [5, 5.41) is 0. The van der Waals surface area contributed by atoms with Gasteiger partial charge < -0.3 is 9.64 Å². The van der Waals surface area contributed by atoms with E-state index < -0.39 is 0 Å². The fourth-order valence-electron chi connectivity index (χ4n) is 1.58. The van der Waals surface area contributed by atoms with Crippen LogP contribution in [-0.2, 0) is 4.74 Å². The van der Waals surface area contributed by atoms with Crippen molar-refractivity contribution in [3.05, 3.63) is 35.9 Å². The smallest absolute Gasteiger partial charge is 0.110 e. The number of nitrogens with zero attached hydrogens (tertiary/aromatic N) is 1. The quantitative estimate of drug-likeness (QED) is 0.653. The van der Waals surface area contributed by atoms with E-state index in [9.17, 15) is 0 Å². The number of likely N-dealkylation sites (N-methyl/N-ethyl adjacent to an activating group) is 1. The van der Waals surface area contributed by atoms with Crippen LogP contribution < -0.4 is 0 Å². The first kappa shape index (κ1) is 8.73. The van der Waals surface area contributed by atoms with Gasteiger partial charge in [-0.15, -0.1) is 0 Å². The third-order valence-corrected chi connectivity index (χ3v) is 2.26. The molecular weight excluding hydrogens is 162 g/mol. The molecule has 1 aliphatic heterocycles. The summed E-state index contributed by atoms with van der Waals surface area (Å²) in [5.74, 6) is 0. The Hall–Kier alpha value is -0.860. The minimum Gasteiger partial charge on any atom is -0.363 e. The molecule has 1 aromatic rings. The summed E-state index contributed by atoms with van der Waals surface area (Å²) in [7, 11) is 4.15. The highest BCUT2D eigenvalue weighted by Crippen LogP contribution is 2.38. The van der Waals surface area contributed by atoms with Crippen LogP contribution in [0, 0.1) is 0 Å². The number of benzene rings is 1. The Balaban J connectivity index is 1.93. The van der Waals surface area contributed by atoms with Crippen molar-refractivity contribution >= 4 is 0 Å². The average molecular weight is 177 g/mol. The van der Waals surface area contributed by atoms with Gasteiger partial charge in [0.15, 0.2) is 0 Å². The predicted molar refractivity (Wildman–Crippen MR) is 52.6 cm³/mol. The van der Waals surface area contributed by atoms with Crippen LogP contribution in [0.1, 0.15) is 11.7 Å². The third-order valence-electron chi connectivity index (χ3n) is 2.26. The fourth-order valence-corrected chi connectivity index (χ4v) is 1.58. The van der Waals surface area contributed by atoms with Gasteiger partial charge in [0, 0.05) is 6.54 Å². The van der Waals surface area contributed by atoms with Crippen molar-refractivity contribution in [1.29, 1.82) is 0 Å². The lowest BCUT2D eigenvalue weighted by molar-refractivity contribution is 0.314. The molecule has 0 bridgehead atoms. The predicted octanol–water partition coefficient (Wildman–Crippen LogP) is 1.69. The van der Waals surface area contributed by atoms with E-state index in [1.165, 1.54) is 5.56 Å². The monoisotopic (exact) mass is 177 g/mol. The highest BCUT2D eigenvalue weighted by atomic mass is 16.6. The van der Waals surface area contributed by atoms with E-state index in [4.69, 9.17) is 4.74 Å². The average Bonchev–Trinajstić information content (AvgIpc) is 2.84. The Bertz CT molecular complexity index is 271. The first-order chi connectivity index (χ1) is 6.27. The SMILES string of the molecule is CN(C)C[C@@H]1O[C@H]1c1ccccc1. The van der Waals surface area contributed by atoms with Gasteiger partial charge in [0.2, 0.25) is 0 Å². The maximum Gasteiger partial charge on any atom is 0.110 e. The summed E-state index contributed by atoms with van der Waals surface area (Å²) in [6.45, 7) is 1.01. The molecule has 2 heteroatoms. The number of rotatable bonds is 3. The molecule has 1 fully saturated rings. The van der Waals surface area contributed by atoms with Crippen LogP contribution in [0.3, 0.4) is 0 Å². The Kier molecular flexibility index (Phi) is 2.34. The normalized spacial score (nSPS) is 26.4. The van der Waals surface area contributed by atoms with Gasteiger partial charge in [-0.05, 0) is 19.7 Å². The molecule has 1 heterocycles. The van der Waals surface area contributed by atoms with Gasteiger partial charge in [0.05, 0.1) is 0 Å². The Labute approximate surface area is 79.1 Å². The minimum atomic E-state index is 0.337. The van der Waals surface area contributed by atoms with Crippen molar-refractivity contribution in [3.8, 4) is 0 Å². The molecule has 2 nitrogen and oxygen atoms in total. The maximum atomic E-state index is 5.57. The molecule has 0 amide bonds. The van der Waals surface area contributed by atoms with E-state index in [1.807, 2.05) is 6.07 Å². The van der Waals surface area contributed by atoms with Crippen molar-refractivity contribution in [1.82, 2.24) is 4.90 Å². The second kappa shape index (κ2) is 3.48. The standard InChI is InChI=1S/C11H15NO/c1-12(2)8-10-11(13-10)9-6-4-3-5-7-9/h3-7,10-11H,8H2,1-2H3/t10-,11-/m0/s1. The summed E-state index contributed by atoms with van der Waals surface area (Å²) in [6, 6.07) is 10.4. The third kappa shape index (κ3) is 2.08. The van der Waals surface area contributed by atoms with Crippen molar-refractivity contribution in [2.45, 2.75) is 12.2 Å². The molecule has 0 aliphatic carbocycles. The molecule has 0 unspecified atom stereocenters. The molecule has 2 atom stereocenters. The summed E-state index contributed by atoms with van der Waals surface area (Å²) in [5.41, 5.74) is 1.30. The summed E-state index contributed by atoms with van der Waals surface area (Å²) in [4.78, 5) is 2.16. The van der Waals surface area contributed by atoms with Gasteiger partial charge in [0.1, 0.15) is 12.2 Å².